The second-order valence-corrected chi connectivity index (χ2v) is 3.22. The van der Waals surface area contributed by atoms with Gasteiger partial charge in [-0.25, -0.2) is 0 Å². The first kappa shape index (κ1) is 23.5. The van der Waals surface area contributed by atoms with E-state index in [4.69, 9.17) is 38.4 Å². The molecule has 0 aliphatic rings. The summed E-state index contributed by atoms with van der Waals surface area (Å²) in [4.78, 5) is 64.9. The summed E-state index contributed by atoms with van der Waals surface area (Å²) in [6.07, 6.45) is 0. The summed E-state index contributed by atoms with van der Waals surface area (Å²) >= 11 is 0. The molecule has 0 rings (SSSR count). The van der Waals surface area contributed by atoms with Crippen molar-refractivity contribution in [1.82, 2.24) is 0 Å². The molecule has 0 heterocycles. The Hall–Kier alpha value is 1.76. The van der Waals surface area contributed by atoms with Crippen LogP contribution in [0.15, 0.2) is 0 Å². The third-order valence-corrected chi connectivity index (χ3v) is 0. The van der Waals surface area contributed by atoms with Crippen molar-refractivity contribution < 1.29 is 64.6 Å². The van der Waals surface area contributed by atoms with Crippen molar-refractivity contribution in [3.8, 4) is 0 Å². The van der Waals surface area contributed by atoms with Crippen LogP contribution in [-0.4, -0.2) is 55.5 Å². The van der Waals surface area contributed by atoms with Crippen LogP contribution in [0.25, 0.3) is 0 Å². The van der Waals surface area contributed by atoms with Gasteiger partial charge >= 0.3 is 58.3 Å². The smallest absolute Gasteiger partial charge is 0.894 e. The van der Waals surface area contributed by atoms with Crippen LogP contribution in [0.2, 0.25) is 0 Å². The van der Waals surface area contributed by atoms with Gasteiger partial charge in [-0.05, 0) is 0 Å². The summed E-state index contributed by atoms with van der Waals surface area (Å²) in [5.41, 5.74) is 0. The van der Waals surface area contributed by atoms with Crippen molar-refractivity contribution in [3.63, 3.8) is 0 Å². The number of hydrogen-bond acceptors (Lipinski definition) is 8. The van der Waals surface area contributed by atoms with Crippen LogP contribution >= 0.6 is 0 Å². The van der Waals surface area contributed by atoms with Crippen LogP contribution < -0.4 is 24.0 Å². The van der Waals surface area contributed by atoms with Crippen molar-refractivity contribution in [2.24, 2.45) is 0 Å². The monoisotopic (exact) mass is 301 g/mol. The van der Waals surface area contributed by atoms with E-state index >= 15 is 0 Å². The van der Waals surface area contributed by atoms with Gasteiger partial charge in [-0.15, -0.1) is 0 Å². The van der Waals surface area contributed by atoms with Crippen molar-refractivity contribution >= 4 is 41.1 Å². The zero-order valence-corrected chi connectivity index (χ0v) is 11.5. The molecule has 0 aliphatic carbocycles. The quantitative estimate of drug-likeness (QED) is 0.369. The van der Waals surface area contributed by atoms with Crippen molar-refractivity contribution in [3.05, 3.63) is 0 Å². The average Bonchev–Trinajstić information content (AvgIpc) is 1.12. The zero-order chi connectivity index (χ0) is 9.00. The Morgan fingerprint density at radius 2 is 0.750 bits per heavy atom. The molecule has 8 nitrogen and oxygen atoms in total. The summed E-state index contributed by atoms with van der Waals surface area (Å²) < 4.78 is 0. The second-order valence-electron chi connectivity index (χ2n) is 1.07. The van der Waals surface area contributed by atoms with E-state index in [2.05, 4.69) is 0 Å². The first-order chi connectivity index (χ1) is 4.00. The van der Waals surface area contributed by atoms with Gasteiger partial charge in [0.1, 0.15) is 0 Å². The average molecular weight is 303 g/mol. The van der Waals surface area contributed by atoms with E-state index in [0.29, 0.717) is 0 Å². The van der Waals surface area contributed by atoms with Gasteiger partial charge in [0.05, 0.1) is 0 Å². The molecular weight excluding hydrogens is 300 g/mol. The molecule has 0 saturated carbocycles. The zero-order valence-electron chi connectivity index (χ0n) is 5.59. The molecule has 0 saturated heterocycles. The van der Waals surface area contributed by atoms with Gasteiger partial charge in [0, 0.05) is 0 Å². The van der Waals surface area contributed by atoms with Crippen molar-refractivity contribution in [2.75, 3.05) is 0 Å². The van der Waals surface area contributed by atoms with Gasteiger partial charge in [-0.2, -0.15) is 0 Å². The van der Waals surface area contributed by atoms with Crippen LogP contribution in [0, 0.1) is 0 Å². The molecule has 0 bridgehead atoms. The number of rotatable bonds is 0. The molecule has 0 unspecified atom stereocenters. The molecular formula is H3MgO8Si2Zr. The predicted octanol–water partition coefficient (Wildman–Crippen LogP) is -8.76. The minimum absolute atomic E-state index is 0. The maximum Gasteiger partial charge on any atom is 3.00 e. The summed E-state index contributed by atoms with van der Waals surface area (Å²) in [7, 11) is -10.5. The maximum atomic E-state index is 8.91. The van der Waals surface area contributed by atoms with Crippen LogP contribution in [0.4, 0.5) is 0 Å². The Balaban J connectivity index is -0.0000000457. The van der Waals surface area contributed by atoms with Crippen LogP contribution in [0.5, 0.6) is 0 Å². The predicted molar refractivity (Wildman–Crippen MR) is 23.9 cm³/mol. The van der Waals surface area contributed by atoms with Gasteiger partial charge in [-0.3, -0.25) is 0 Å². The van der Waals surface area contributed by atoms with Crippen LogP contribution in [-0.2, 0) is 26.2 Å². The summed E-state index contributed by atoms with van der Waals surface area (Å²) in [5, 5.41) is 0. The van der Waals surface area contributed by atoms with Gasteiger partial charge in [0.15, 0.2) is 0 Å². The van der Waals surface area contributed by atoms with E-state index in [0.717, 1.165) is 0 Å². The van der Waals surface area contributed by atoms with E-state index < -0.39 is 18.1 Å². The van der Waals surface area contributed by atoms with E-state index in [-0.39, 0.29) is 49.3 Å². The molecule has 0 aromatic carbocycles. The Kier molecular flexibility index (Phi) is 18.3. The molecule has 0 fully saturated rings. The largest absolute Gasteiger partial charge is 3.00 e. The molecule has 1 radical (unpaired) electrons. The summed E-state index contributed by atoms with van der Waals surface area (Å²) in [6, 6.07) is 0. The molecule has 12 heteroatoms. The minimum atomic E-state index is -5.61. The fraction of sp³-hybridized carbons (Fsp3) is 0. The maximum absolute atomic E-state index is 8.91. The molecule has 65 valence electrons. The SMILES string of the molecule is [Mg+2].[O-][Si](O)(O)O.[O-][Si]([O-])([O-])[O-].[Zr+3]. The first-order valence-electron chi connectivity index (χ1n) is 1.69. The van der Waals surface area contributed by atoms with Crippen LogP contribution in [0.3, 0.4) is 0 Å². The Morgan fingerprint density at radius 3 is 0.750 bits per heavy atom. The van der Waals surface area contributed by atoms with Crippen molar-refractivity contribution in [2.45, 2.75) is 0 Å². The molecule has 0 amide bonds. The van der Waals surface area contributed by atoms with E-state index in [1.54, 1.807) is 0 Å². The molecule has 0 aliphatic heterocycles. The first-order valence-corrected chi connectivity index (χ1v) is 5.07. The fourth-order valence-corrected chi connectivity index (χ4v) is 0. The Labute approximate surface area is 105 Å². The van der Waals surface area contributed by atoms with E-state index in [1.165, 1.54) is 0 Å². The molecule has 0 spiro atoms. The fourth-order valence-electron chi connectivity index (χ4n) is 0. The summed E-state index contributed by atoms with van der Waals surface area (Å²) in [5.74, 6) is 0. The standard InChI is InChI=1S/Mg.H3O4Si.O4Si.Zr/c;2*1-5(2,3)4;/h;1-3H;;/q+2;-1;-4;+3. The third-order valence-electron chi connectivity index (χ3n) is 0. The Morgan fingerprint density at radius 1 is 0.750 bits per heavy atom. The third kappa shape index (κ3) is 438. The molecule has 0 atom stereocenters. The molecule has 0 aromatic rings. The molecule has 3 N–H and O–H groups in total. The van der Waals surface area contributed by atoms with Gasteiger partial charge < -0.3 is 47.4 Å². The van der Waals surface area contributed by atoms with E-state index in [9.17, 15) is 0 Å². The van der Waals surface area contributed by atoms with Gasteiger partial charge in [0.2, 0.25) is 0 Å². The van der Waals surface area contributed by atoms with E-state index in [1.807, 2.05) is 0 Å². The Bertz CT molecular complexity index is 60.0. The second kappa shape index (κ2) is 9.32. The van der Waals surface area contributed by atoms with Gasteiger partial charge in [-0.1, -0.05) is 0 Å². The topological polar surface area (TPSA) is 176 Å². The normalized spacial score (nSPS) is 10.0. The molecule has 0 aromatic heterocycles. The van der Waals surface area contributed by atoms with Gasteiger partial charge in [0.25, 0.3) is 0 Å². The molecule has 12 heavy (non-hydrogen) atoms. The summed E-state index contributed by atoms with van der Waals surface area (Å²) in [6.45, 7) is 0. The minimum Gasteiger partial charge on any atom is -0.894 e. The van der Waals surface area contributed by atoms with Crippen LogP contribution in [0.1, 0.15) is 0 Å². The van der Waals surface area contributed by atoms with Crippen molar-refractivity contribution in [1.29, 1.82) is 0 Å². The number of hydrogen-bond donors (Lipinski definition) is 3.